The van der Waals surface area contributed by atoms with Gasteiger partial charge in [-0.05, 0) is 79.6 Å². The van der Waals surface area contributed by atoms with Crippen LogP contribution in [-0.2, 0) is 0 Å². The van der Waals surface area contributed by atoms with Crippen molar-refractivity contribution >= 4 is 11.6 Å². The molecule has 1 unspecified atom stereocenters. The van der Waals surface area contributed by atoms with E-state index in [1.54, 1.807) is 20.3 Å². The number of methoxy groups -OCH3 is 2. The molecule has 2 fully saturated rings. The number of carbonyl (C=O) groups excluding carboxylic acids is 1. The summed E-state index contributed by atoms with van der Waals surface area (Å²) >= 11 is 0. The molecule has 1 heterocycles. The van der Waals surface area contributed by atoms with E-state index in [1.165, 1.54) is 38.5 Å². The van der Waals surface area contributed by atoms with Crippen molar-refractivity contribution in [1.29, 1.82) is 0 Å². The van der Waals surface area contributed by atoms with Gasteiger partial charge in [0.15, 0.2) is 11.5 Å². The zero-order chi connectivity index (χ0) is 26.3. The number of likely N-dealkylation sites (tertiary alicyclic amines) is 1. The van der Waals surface area contributed by atoms with Crippen molar-refractivity contribution in [3.63, 3.8) is 0 Å². The first-order valence-electron chi connectivity index (χ1n) is 14.1. The maximum atomic E-state index is 14.2. The van der Waals surface area contributed by atoms with Gasteiger partial charge in [-0.2, -0.15) is 0 Å². The SMILES string of the molecule is COc1ccc(C(=O)N(CC2CCCN2CC2CCCCC2)c2cccc(-c3ccccc3)c2)cc1OC. The van der Waals surface area contributed by atoms with Crippen molar-refractivity contribution in [2.75, 3.05) is 38.8 Å². The number of anilines is 1. The molecule has 1 saturated heterocycles. The highest BCUT2D eigenvalue weighted by Crippen LogP contribution is 2.32. The third-order valence-corrected chi connectivity index (χ3v) is 8.25. The van der Waals surface area contributed by atoms with Crippen LogP contribution in [0.3, 0.4) is 0 Å². The largest absolute Gasteiger partial charge is 0.493 e. The molecule has 0 aromatic heterocycles. The molecule has 2 aliphatic rings. The van der Waals surface area contributed by atoms with Crippen molar-refractivity contribution in [3.8, 4) is 22.6 Å². The lowest BCUT2D eigenvalue weighted by atomic mass is 9.89. The summed E-state index contributed by atoms with van der Waals surface area (Å²) in [6.07, 6.45) is 9.11. The molecule has 0 N–H and O–H groups in total. The summed E-state index contributed by atoms with van der Waals surface area (Å²) in [5, 5.41) is 0. The Morgan fingerprint density at radius 3 is 2.34 bits per heavy atom. The molecule has 0 radical (unpaired) electrons. The molecule has 1 atom stereocenters. The quantitative estimate of drug-likeness (QED) is 0.308. The van der Waals surface area contributed by atoms with Gasteiger partial charge in [0, 0.05) is 30.4 Å². The number of hydrogen-bond acceptors (Lipinski definition) is 4. The van der Waals surface area contributed by atoms with Gasteiger partial charge in [0.2, 0.25) is 0 Å². The average molecular weight is 513 g/mol. The summed E-state index contributed by atoms with van der Waals surface area (Å²) in [5.74, 6) is 1.97. The van der Waals surface area contributed by atoms with Gasteiger partial charge in [-0.1, -0.05) is 61.7 Å². The Kier molecular flexibility index (Phi) is 8.65. The molecule has 38 heavy (non-hydrogen) atoms. The Labute approximate surface area is 227 Å². The standard InChI is InChI=1S/C33H40N2O3/c1-37-31-19-18-28(22-32(31)38-2)33(36)35(29-16-9-15-27(21-29)26-13-7-4-8-14-26)24-30-17-10-20-34(30)23-25-11-5-3-6-12-25/h4,7-9,13-16,18-19,21-22,25,30H,3,5-6,10-12,17,20,23-24H2,1-2H3. The second-order valence-electron chi connectivity index (χ2n) is 10.7. The number of amides is 1. The fourth-order valence-corrected chi connectivity index (χ4v) is 6.17. The Bertz CT molecular complexity index is 1210. The molecule has 0 spiro atoms. The molecule has 5 rings (SSSR count). The molecule has 1 aliphatic heterocycles. The number of ether oxygens (including phenoxy) is 2. The summed E-state index contributed by atoms with van der Waals surface area (Å²) in [5.41, 5.74) is 3.78. The van der Waals surface area contributed by atoms with Crippen LogP contribution in [0.25, 0.3) is 11.1 Å². The molecule has 1 saturated carbocycles. The minimum absolute atomic E-state index is 0.0133. The molecule has 5 heteroatoms. The highest BCUT2D eigenvalue weighted by Gasteiger charge is 2.31. The lowest BCUT2D eigenvalue weighted by molar-refractivity contribution is 0.0975. The number of hydrogen-bond donors (Lipinski definition) is 0. The Balaban J connectivity index is 1.45. The van der Waals surface area contributed by atoms with E-state index in [4.69, 9.17) is 9.47 Å². The fraction of sp³-hybridized carbons (Fsp3) is 0.424. The van der Waals surface area contributed by atoms with Crippen LogP contribution in [0.1, 0.15) is 55.3 Å². The minimum atomic E-state index is -0.0133. The van der Waals surface area contributed by atoms with Crippen LogP contribution in [0.4, 0.5) is 5.69 Å². The molecular weight excluding hydrogens is 472 g/mol. The summed E-state index contributed by atoms with van der Waals surface area (Å²) in [6.45, 7) is 2.97. The van der Waals surface area contributed by atoms with Crippen LogP contribution in [-0.4, -0.2) is 50.7 Å². The van der Waals surface area contributed by atoms with E-state index < -0.39 is 0 Å². The van der Waals surface area contributed by atoms with Gasteiger partial charge < -0.3 is 14.4 Å². The van der Waals surface area contributed by atoms with Gasteiger partial charge in [0.25, 0.3) is 5.91 Å². The molecular formula is C33H40N2O3. The lowest BCUT2D eigenvalue weighted by Gasteiger charge is -2.34. The third kappa shape index (κ3) is 6.05. The van der Waals surface area contributed by atoms with Crippen LogP contribution in [0.2, 0.25) is 0 Å². The highest BCUT2D eigenvalue weighted by molar-refractivity contribution is 6.06. The molecule has 200 valence electrons. The summed E-state index contributed by atoms with van der Waals surface area (Å²) in [6, 6.07) is 24.6. The average Bonchev–Trinajstić information content (AvgIpc) is 3.42. The maximum Gasteiger partial charge on any atom is 0.258 e. The van der Waals surface area contributed by atoms with E-state index in [9.17, 15) is 4.79 Å². The Hall–Kier alpha value is -3.31. The fourth-order valence-electron chi connectivity index (χ4n) is 6.17. The number of carbonyl (C=O) groups is 1. The van der Waals surface area contributed by atoms with E-state index in [2.05, 4.69) is 53.4 Å². The predicted molar refractivity (Wildman–Crippen MR) is 154 cm³/mol. The summed E-state index contributed by atoms with van der Waals surface area (Å²) in [4.78, 5) is 18.8. The smallest absolute Gasteiger partial charge is 0.258 e. The Morgan fingerprint density at radius 2 is 1.58 bits per heavy atom. The molecule has 1 aliphatic carbocycles. The van der Waals surface area contributed by atoms with Crippen molar-refractivity contribution in [2.24, 2.45) is 5.92 Å². The predicted octanol–water partition coefficient (Wildman–Crippen LogP) is 7.06. The van der Waals surface area contributed by atoms with Crippen LogP contribution in [0.5, 0.6) is 11.5 Å². The van der Waals surface area contributed by atoms with Gasteiger partial charge in [-0.3, -0.25) is 9.69 Å². The van der Waals surface area contributed by atoms with Gasteiger partial charge >= 0.3 is 0 Å². The van der Waals surface area contributed by atoms with Crippen LogP contribution >= 0.6 is 0 Å². The van der Waals surface area contributed by atoms with Gasteiger partial charge in [0.1, 0.15) is 0 Å². The Morgan fingerprint density at radius 1 is 0.816 bits per heavy atom. The van der Waals surface area contributed by atoms with Gasteiger partial charge in [-0.15, -0.1) is 0 Å². The second-order valence-corrected chi connectivity index (χ2v) is 10.7. The first-order valence-corrected chi connectivity index (χ1v) is 14.1. The van der Waals surface area contributed by atoms with E-state index >= 15 is 0 Å². The van der Waals surface area contributed by atoms with E-state index in [0.717, 1.165) is 42.2 Å². The van der Waals surface area contributed by atoms with Crippen LogP contribution in [0, 0.1) is 5.92 Å². The lowest BCUT2D eigenvalue weighted by Crippen LogP contribution is -2.45. The number of nitrogens with zero attached hydrogens (tertiary/aromatic N) is 2. The summed E-state index contributed by atoms with van der Waals surface area (Å²) < 4.78 is 10.9. The van der Waals surface area contributed by atoms with E-state index in [0.29, 0.717) is 29.6 Å². The van der Waals surface area contributed by atoms with Crippen LogP contribution < -0.4 is 14.4 Å². The van der Waals surface area contributed by atoms with Gasteiger partial charge in [-0.25, -0.2) is 0 Å². The molecule has 3 aromatic rings. The second kappa shape index (κ2) is 12.5. The molecule has 1 amide bonds. The summed E-state index contributed by atoms with van der Waals surface area (Å²) in [7, 11) is 3.22. The third-order valence-electron chi connectivity index (χ3n) is 8.25. The first kappa shape index (κ1) is 26.3. The minimum Gasteiger partial charge on any atom is -0.493 e. The van der Waals surface area contributed by atoms with E-state index in [-0.39, 0.29) is 5.91 Å². The number of benzene rings is 3. The normalized spacial score (nSPS) is 18.3. The monoisotopic (exact) mass is 512 g/mol. The zero-order valence-corrected chi connectivity index (χ0v) is 22.8. The zero-order valence-electron chi connectivity index (χ0n) is 22.8. The maximum absolute atomic E-state index is 14.2. The molecule has 0 bridgehead atoms. The van der Waals surface area contributed by atoms with Crippen molar-refractivity contribution in [2.45, 2.75) is 51.0 Å². The van der Waals surface area contributed by atoms with Crippen LogP contribution in [0.15, 0.2) is 72.8 Å². The van der Waals surface area contributed by atoms with E-state index in [1.807, 2.05) is 23.1 Å². The number of rotatable bonds is 9. The topological polar surface area (TPSA) is 42.0 Å². The van der Waals surface area contributed by atoms with Crippen molar-refractivity contribution < 1.29 is 14.3 Å². The van der Waals surface area contributed by atoms with Crippen molar-refractivity contribution in [3.05, 3.63) is 78.4 Å². The molecule has 3 aromatic carbocycles. The van der Waals surface area contributed by atoms with Gasteiger partial charge in [0.05, 0.1) is 14.2 Å². The first-order chi connectivity index (χ1) is 18.7. The molecule has 5 nitrogen and oxygen atoms in total. The highest BCUT2D eigenvalue weighted by atomic mass is 16.5. The van der Waals surface area contributed by atoms with Crippen molar-refractivity contribution in [1.82, 2.24) is 4.90 Å².